The van der Waals surface area contributed by atoms with Crippen LogP contribution in [-0.4, -0.2) is 55.9 Å². The van der Waals surface area contributed by atoms with Crippen molar-refractivity contribution in [3.05, 3.63) is 0 Å². The van der Waals surface area contributed by atoms with Crippen molar-refractivity contribution in [3.8, 4) is 0 Å². The van der Waals surface area contributed by atoms with E-state index in [-0.39, 0.29) is 11.7 Å². The summed E-state index contributed by atoms with van der Waals surface area (Å²) < 4.78 is 24.1. The van der Waals surface area contributed by atoms with Gasteiger partial charge in [0.25, 0.3) is 0 Å². The first-order valence-electron chi connectivity index (χ1n) is 8.30. The first kappa shape index (κ1) is 15.3. The summed E-state index contributed by atoms with van der Waals surface area (Å²) >= 11 is 0. The Bertz CT molecular complexity index is 479. The zero-order chi connectivity index (χ0) is 14.9. The van der Waals surface area contributed by atoms with Crippen LogP contribution in [0.1, 0.15) is 44.9 Å². The number of amides is 1. The topological polar surface area (TPSA) is 66.5 Å². The molecule has 1 N–H and O–H groups in total. The molecule has 1 unspecified atom stereocenters. The van der Waals surface area contributed by atoms with Crippen LogP contribution in [0.15, 0.2) is 0 Å². The molecular weight excluding hydrogens is 288 g/mol. The molecule has 0 spiro atoms. The standard InChI is InChI=1S/C15H26N2O3S/c18-15(14-3-1-2-10-21(14,19)20)17-8-6-13(7-9-17)16-11-12-4-5-12/h12-14,16H,1-11H2. The van der Waals surface area contributed by atoms with Gasteiger partial charge in [-0.15, -0.1) is 0 Å². The maximum absolute atomic E-state index is 12.5. The fourth-order valence-electron chi connectivity index (χ4n) is 3.39. The number of hydrogen-bond acceptors (Lipinski definition) is 4. The second-order valence-electron chi connectivity index (χ2n) is 6.80. The minimum atomic E-state index is -3.21. The third-order valence-corrected chi connectivity index (χ3v) is 7.21. The molecule has 1 atom stereocenters. The Kier molecular flexibility index (Phi) is 4.54. The van der Waals surface area contributed by atoms with Crippen LogP contribution < -0.4 is 5.32 Å². The summed E-state index contributed by atoms with van der Waals surface area (Å²) in [5.74, 6) is 0.912. The van der Waals surface area contributed by atoms with E-state index in [0.717, 1.165) is 31.7 Å². The van der Waals surface area contributed by atoms with Crippen LogP contribution in [0.3, 0.4) is 0 Å². The van der Waals surface area contributed by atoms with E-state index in [9.17, 15) is 13.2 Å². The van der Waals surface area contributed by atoms with Gasteiger partial charge in [0.2, 0.25) is 5.91 Å². The number of sulfone groups is 1. The van der Waals surface area contributed by atoms with E-state index in [1.807, 2.05) is 0 Å². The van der Waals surface area contributed by atoms with Crippen LogP contribution in [0.5, 0.6) is 0 Å². The molecular formula is C15H26N2O3S. The maximum atomic E-state index is 12.5. The number of nitrogens with one attached hydrogen (secondary N) is 1. The number of piperidine rings is 1. The molecule has 2 saturated heterocycles. The molecule has 1 saturated carbocycles. The van der Waals surface area contributed by atoms with Gasteiger partial charge < -0.3 is 10.2 Å². The Morgan fingerprint density at radius 1 is 1.05 bits per heavy atom. The van der Waals surface area contributed by atoms with Crippen molar-refractivity contribution in [2.45, 2.75) is 56.2 Å². The Labute approximate surface area is 127 Å². The lowest BCUT2D eigenvalue weighted by Gasteiger charge is -2.35. The monoisotopic (exact) mass is 314 g/mol. The number of hydrogen-bond donors (Lipinski definition) is 1. The van der Waals surface area contributed by atoms with Crippen molar-refractivity contribution in [3.63, 3.8) is 0 Å². The third-order valence-electron chi connectivity index (χ3n) is 5.05. The normalized spacial score (nSPS) is 30.3. The predicted molar refractivity (Wildman–Crippen MR) is 81.8 cm³/mol. The average Bonchev–Trinajstić information content (AvgIpc) is 3.29. The summed E-state index contributed by atoms with van der Waals surface area (Å²) in [7, 11) is -3.21. The van der Waals surface area contributed by atoms with E-state index >= 15 is 0 Å². The van der Waals surface area contributed by atoms with Gasteiger partial charge >= 0.3 is 0 Å². The molecule has 5 nitrogen and oxygen atoms in total. The third kappa shape index (κ3) is 3.77. The fraction of sp³-hybridized carbons (Fsp3) is 0.933. The van der Waals surface area contributed by atoms with Crippen molar-refractivity contribution in [2.75, 3.05) is 25.4 Å². The van der Waals surface area contributed by atoms with Crippen LogP contribution in [0.2, 0.25) is 0 Å². The molecule has 0 aromatic rings. The highest BCUT2D eigenvalue weighted by atomic mass is 32.2. The molecule has 1 amide bonds. The van der Waals surface area contributed by atoms with Crippen LogP contribution in [0.25, 0.3) is 0 Å². The molecule has 0 aromatic carbocycles. The van der Waals surface area contributed by atoms with Crippen molar-refractivity contribution in [1.82, 2.24) is 10.2 Å². The van der Waals surface area contributed by atoms with E-state index in [2.05, 4.69) is 5.32 Å². The predicted octanol–water partition coefficient (Wildman–Crippen LogP) is 0.944. The Balaban J connectivity index is 1.49. The highest BCUT2D eigenvalue weighted by Crippen LogP contribution is 2.28. The number of likely N-dealkylation sites (tertiary alicyclic amines) is 1. The number of carbonyl (C=O) groups is 1. The second-order valence-corrected chi connectivity index (χ2v) is 9.11. The van der Waals surface area contributed by atoms with Gasteiger partial charge in [0, 0.05) is 19.1 Å². The van der Waals surface area contributed by atoms with Gasteiger partial charge in [-0.05, 0) is 51.0 Å². The molecule has 0 aromatic heterocycles. The first-order chi connectivity index (χ1) is 10.1. The molecule has 3 aliphatic rings. The molecule has 0 radical (unpaired) electrons. The lowest BCUT2D eigenvalue weighted by atomic mass is 10.0. The van der Waals surface area contributed by atoms with Crippen molar-refractivity contribution in [2.24, 2.45) is 5.92 Å². The molecule has 120 valence electrons. The minimum absolute atomic E-state index is 0.143. The van der Waals surface area contributed by atoms with Crippen molar-refractivity contribution in [1.29, 1.82) is 0 Å². The van der Waals surface area contributed by atoms with Crippen molar-refractivity contribution < 1.29 is 13.2 Å². The van der Waals surface area contributed by atoms with Gasteiger partial charge in [-0.25, -0.2) is 8.42 Å². The van der Waals surface area contributed by atoms with E-state index < -0.39 is 15.1 Å². The van der Waals surface area contributed by atoms with Gasteiger partial charge in [-0.3, -0.25) is 4.79 Å². The smallest absolute Gasteiger partial charge is 0.240 e. The Morgan fingerprint density at radius 2 is 1.76 bits per heavy atom. The van der Waals surface area contributed by atoms with Gasteiger partial charge in [-0.1, -0.05) is 6.42 Å². The molecule has 0 bridgehead atoms. The summed E-state index contributed by atoms with van der Waals surface area (Å²) in [5, 5.41) is 2.82. The van der Waals surface area contributed by atoms with Gasteiger partial charge in [0.1, 0.15) is 5.25 Å². The quantitative estimate of drug-likeness (QED) is 0.839. The van der Waals surface area contributed by atoms with Gasteiger partial charge in [-0.2, -0.15) is 0 Å². The van der Waals surface area contributed by atoms with E-state index in [4.69, 9.17) is 0 Å². The second kappa shape index (κ2) is 6.24. The van der Waals surface area contributed by atoms with Crippen LogP contribution >= 0.6 is 0 Å². The Morgan fingerprint density at radius 3 is 2.38 bits per heavy atom. The van der Waals surface area contributed by atoms with E-state index in [1.54, 1.807) is 4.90 Å². The Hall–Kier alpha value is -0.620. The first-order valence-corrected chi connectivity index (χ1v) is 10.0. The number of carbonyl (C=O) groups excluding carboxylic acids is 1. The lowest BCUT2D eigenvalue weighted by molar-refractivity contribution is -0.132. The summed E-state index contributed by atoms with van der Waals surface area (Å²) in [6.07, 6.45) is 6.68. The number of nitrogens with zero attached hydrogens (tertiary/aromatic N) is 1. The molecule has 3 fully saturated rings. The van der Waals surface area contributed by atoms with Crippen LogP contribution in [0, 0.1) is 5.92 Å². The van der Waals surface area contributed by atoms with Gasteiger partial charge in [0.15, 0.2) is 9.84 Å². The maximum Gasteiger partial charge on any atom is 0.240 e. The molecule has 21 heavy (non-hydrogen) atoms. The number of rotatable bonds is 4. The molecule has 1 aliphatic carbocycles. The minimum Gasteiger partial charge on any atom is -0.341 e. The van der Waals surface area contributed by atoms with Crippen molar-refractivity contribution >= 4 is 15.7 Å². The molecule has 3 rings (SSSR count). The average molecular weight is 314 g/mol. The molecule has 2 aliphatic heterocycles. The summed E-state index contributed by atoms with van der Waals surface area (Å²) in [4.78, 5) is 14.3. The zero-order valence-electron chi connectivity index (χ0n) is 12.6. The van der Waals surface area contributed by atoms with E-state index in [1.165, 1.54) is 12.8 Å². The summed E-state index contributed by atoms with van der Waals surface area (Å²) in [6, 6.07) is 0.498. The highest BCUT2D eigenvalue weighted by molar-refractivity contribution is 7.92. The summed E-state index contributed by atoms with van der Waals surface area (Å²) in [5.41, 5.74) is 0. The largest absolute Gasteiger partial charge is 0.341 e. The lowest BCUT2D eigenvalue weighted by Crippen LogP contribution is -2.50. The highest BCUT2D eigenvalue weighted by Gasteiger charge is 2.38. The molecule has 6 heteroatoms. The SMILES string of the molecule is O=C(C1CCCCS1(=O)=O)N1CCC(NCC2CC2)CC1. The fourth-order valence-corrected chi connectivity index (χ4v) is 5.27. The van der Waals surface area contributed by atoms with Crippen LogP contribution in [0.4, 0.5) is 0 Å². The van der Waals surface area contributed by atoms with E-state index in [0.29, 0.717) is 32.0 Å². The summed E-state index contributed by atoms with van der Waals surface area (Å²) in [6.45, 7) is 2.51. The van der Waals surface area contributed by atoms with Gasteiger partial charge in [0.05, 0.1) is 5.75 Å². The van der Waals surface area contributed by atoms with Crippen LogP contribution in [-0.2, 0) is 14.6 Å². The zero-order valence-corrected chi connectivity index (χ0v) is 13.4. The molecule has 2 heterocycles.